The Morgan fingerprint density at radius 1 is 0.957 bits per heavy atom. The SMILES string of the molecule is Cc1cccc(-c2ncoc2-c2ccccc2-c2nccs2)n1. The van der Waals surface area contributed by atoms with Crippen LogP contribution < -0.4 is 0 Å². The van der Waals surface area contributed by atoms with Crippen molar-refractivity contribution in [1.29, 1.82) is 0 Å². The summed E-state index contributed by atoms with van der Waals surface area (Å²) >= 11 is 1.60. The monoisotopic (exact) mass is 319 g/mol. The maximum atomic E-state index is 5.71. The molecule has 0 saturated heterocycles. The van der Waals surface area contributed by atoms with Crippen LogP contribution in [0.25, 0.3) is 33.3 Å². The number of nitrogens with zero attached hydrogens (tertiary/aromatic N) is 3. The molecule has 112 valence electrons. The lowest BCUT2D eigenvalue weighted by molar-refractivity contribution is 0.572. The molecule has 0 unspecified atom stereocenters. The lowest BCUT2D eigenvalue weighted by Gasteiger charge is -2.06. The number of aryl methyl sites for hydroxylation is 1. The Balaban J connectivity index is 1.90. The van der Waals surface area contributed by atoms with E-state index in [1.54, 1.807) is 17.5 Å². The van der Waals surface area contributed by atoms with Gasteiger partial charge in [0.25, 0.3) is 0 Å². The number of rotatable bonds is 3. The smallest absolute Gasteiger partial charge is 0.182 e. The lowest BCUT2D eigenvalue weighted by Crippen LogP contribution is -1.90. The van der Waals surface area contributed by atoms with E-state index in [9.17, 15) is 0 Å². The minimum absolute atomic E-state index is 0.717. The molecule has 3 heterocycles. The Morgan fingerprint density at radius 3 is 2.61 bits per heavy atom. The molecule has 4 rings (SSSR count). The highest BCUT2D eigenvalue weighted by molar-refractivity contribution is 7.13. The Bertz CT molecular complexity index is 944. The van der Waals surface area contributed by atoms with Gasteiger partial charge in [0.05, 0.1) is 5.69 Å². The van der Waals surface area contributed by atoms with E-state index in [-0.39, 0.29) is 0 Å². The number of thiazole rings is 1. The van der Waals surface area contributed by atoms with Gasteiger partial charge in [0, 0.05) is 28.4 Å². The van der Waals surface area contributed by atoms with Crippen LogP contribution in [0.1, 0.15) is 5.69 Å². The maximum Gasteiger partial charge on any atom is 0.182 e. The fraction of sp³-hybridized carbons (Fsp3) is 0.0556. The van der Waals surface area contributed by atoms with Gasteiger partial charge in [-0.3, -0.25) is 4.98 Å². The van der Waals surface area contributed by atoms with Crippen LogP contribution in [-0.2, 0) is 0 Å². The molecule has 5 heteroatoms. The quantitative estimate of drug-likeness (QED) is 0.542. The minimum Gasteiger partial charge on any atom is -0.443 e. The zero-order valence-electron chi connectivity index (χ0n) is 12.4. The third-order valence-electron chi connectivity index (χ3n) is 3.53. The van der Waals surface area contributed by atoms with E-state index in [1.807, 2.05) is 54.8 Å². The summed E-state index contributed by atoms with van der Waals surface area (Å²) in [6.45, 7) is 1.97. The molecular formula is C18H13N3OS. The van der Waals surface area contributed by atoms with Crippen molar-refractivity contribution in [2.45, 2.75) is 6.92 Å². The molecule has 0 N–H and O–H groups in total. The summed E-state index contributed by atoms with van der Waals surface area (Å²) < 4.78 is 5.71. The second-order valence-electron chi connectivity index (χ2n) is 5.08. The molecule has 4 aromatic rings. The summed E-state index contributed by atoms with van der Waals surface area (Å²) in [6.07, 6.45) is 3.27. The summed E-state index contributed by atoms with van der Waals surface area (Å²) in [4.78, 5) is 13.4. The van der Waals surface area contributed by atoms with Crippen molar-refractivity contribution in [2.24, 2.45) is 0 Å². The van der Waals surface area contributed by atoms with Crippen LogP contribution in [0.2, 0.25) is 0 Å². The van der Waals surface area contributed by atoms with Crippen molar-refractivity contribution in [3.8, 4) is 33.3 Å². The third kappa shape index (κ3) is 2.55. The highest BCUT2D eigenvalue weighted by Gasteiger charge is 2.18. The maximum absolute atomic E-state index is 5.71. The predicted octanol–water partition coefficient (Wildman–Crippen LogP) is 4.84. The first-order valence-electron chi connectivity index (χ1n) is 7.20. The zero-order valence-corrected chi connectivity index (χ0v) is 13.2. The topological polar surface area (TPSA) is 51.8 Å². The second-order valence-corrected chi connectivity index (χ2v) is 5.97. The first-order valence-corrected chi connectivity index (χ1v) is 8.07. The Morgan fingerprint density at radius 2 is 1.83 bits per heavy atom. The van der Waals surface area contributed by atoms with Gasteiger partial charge >= 0.3 is 0 Å². The van der Waals surface area contributed by atoms with Crippen LogP contribution in [0.15, 0.2) is 64.9 Å². The second kappa shape index (κ2) is 5.78. The van der Waals surface area contributed by atoms with E-state index in [0.717, 1.165) is 33.2 Å². The number of hydrogen-bond acceptors (Lipinski definition) is 5. The number of benzene rings is 1. The van der Waals surface area contributed by atoms with Crippen LogP contribution >= 0.6 is 11.3 Å². The first kappa shape index (κ1) is 13.8. The van der Waals surface area contributed by atoms with E-state index < -0.39 is 0 Å². The predicted molar refractivity (Wildman–Crippen MR) is 91.0 cm³/mol. The number of hydrogen-bond donors (Lipinski definition) is 0. The average molecular weight is 319 g/mol. The molecule has 0 aliphatic rings. The van der Waals surface area contributed by atoms with E-state index in [1.165, 1.54) is 6.39 Å². The summed E-state index contributed by atoms with van der Waals surface area (Å²) in [5.41, 5.74) is 4.51. The molecule has 0 aliphatic carbocycles. The van der Waals surface area contributed by atoms with Crippen LogP contribution in [-0.4, -0.2) is 15.0 Å². The van der Waals surface area contributed by atoms with Gasteiger partial charge in [-0.05, 0) is 19.1 Å². The largest absolute Gasteiger partial charge is 0.443 e. The van der Waals surface area contributed by atoms with Crippen LogP contribution in [0, 0.1) is 6.92 Å². The molecule has 23 heavy (non-hydrogen) atoms. The fourth-order valence-electron chi connectivity index (χ4n) is 2.52. The fourth-order valence-corrected chi connectivity index (χ4v) is 3.20. The molecule has 0 amide bonds. The van der Waals surface area contributed by atoms with Crippen molar-refractivity contribution < 1.29 is 4.42 Å². The molecule has 0 radical (unpaired) electrons. The average Bonchev–Trinajstić information content (AvgIpc) is 3.26. The molecule has 0 aliphatic heterocycles. The molecule has 0 bridgehead atoms. The van der Waals surface area contributed by atoms with Gasteiger partial charge in [0.1, 0.15) is 10.7 Å². The van der Waals surface area contributed by atoms with E-state index in [4.69, 9.17) is 4.42 Å². The molecule has 0 atom stereocenters. The highest BCUT2D eigenvalue weighted by atomic mass is 32.1. The molecule has 0 spiro atoms. The van der Waals surface area contributed by atoms with Crippen LogP contribution in [0.4, 0.5) is 0 Å². The van der Waals surface area contributed by atoms with E-state index in [0.29, 0.717) is 5.76 Å². The van der Waals surface area contributed by atoms with Crippen molar-refractivity contribution in [1.82, 2.24) is 15.0 Å². The first-order chi connectivity index (χ1) is 11.3. The molecule has 4 nitrogen and oxygen atoms in total. The normalized spacial score (nSPS) is 10.8. The summed E-state index contributed by atoms with van der Waals surface area (Å²) in [5.74, 6) is 0.717. The highest BCUT2D eigenvalue weighted by Crippen LogP contribution is 2.37. The van der Waals surface area contributed by atoms with Gasteiger partial charge in [-0.25, -0.2) is 9.97 Å². The van der Waals surface area contributed by atoms with Crippen LogP contribution in [0.5, 0.6) is 0 Å². The Labute approximate surface area is 137 Å². The van der Waals surface area contributed by atoms with Gasteiger partial charge in [-0.2, -0.15) is 0 Å². The molecule has 1 aromatic carbocycles. The van der Waals surface area contributed by atoms with Gasteiger partial charge in [-0.15, -0.1) is 11.3 Å². The number of aromatic nitrogens is 3. The van der Waals surface area contributed by atoms with Gasteiger partial charge in [0.15, 0.2) is 12.2 Å². The summed E-state index contributed by atoms with van der Waals surface area (Å²) in [7, 11) is 0. The summed E-state index contributed by atoms with van der Waals surface area (Å²) in [5, 5.41) is 2.93. The van der Waals surface area contributed by atoms with Gasteiger partial charge in [-0.1, -0.05) is 30.3 Å². The number of oxazole rings is 1. The lowest BCUT2D eigenvalue weighted by atomic mass is 10.0. The van der Waals surface area contributed by atoms with Gasteiger partial charge in [0.2, 0.25) is 0 Å². The zero-order chi connectivity index (χ0) is 15.6. The van der Waals surface area contributed by atoms with Crippen molar-refractivity contribution in [3.05, 3.63) is 66.1 Å². The van der Waals surface area contributed by atoms with E-state index >= 15 is 0 Å². The Kier molecular flexibility index (Phi) is 3.48. The standard InChI is InChI=1S/C18H13N3OS/c1-12-5-4-8-15(21-12)16-17(22-11-20-16)13-6-2-3-7-14(13)18-19-9-10-23-18/h2-11H,1H3. The van der Waals surface area contributed by atoms with E-state index in [2.05, 4.69) is 15.0 Å². The molecular weight excluding hydrogens is 306 g/mol. The molecule has 0 saturated carbocycles. The third-order valence-corrected chi connectivity index (χ3v) is 4.34. The summed E-state index contributed by atoms with van der Waals surface area (Å²) in [6, 6.07) is 13.9. The van der Waals surface area contributed by atoms with Crippen molar-refractivity contribution in [2.75, 3.05) is 0 Å². The van der Waals surface area contributed by atoms with Gasteiger partial charge < -0.3 is 4.42 Å². The minimum atomic E-state index is 0.717. The van der Waals surface area contributed by atoms with Crippen molar-refractivity contribution in [3.63, 3.8) is 0 Å². The number of pyridine rings is 1. The molecule has 0 fully saturated rings. The molecule has 3 aromatic heterocycles. The van der Waals surface area contributed by atoms with Crippen LogP contribution in [0.3, 0.4) is 0 Å². The van der Waals surface area contributed by atoms with Crippen molar-refractivity contribution >= 4 is 11.3 Å². The Hall–Kier alpha value is -2.79.